The summed E-state index contributed by atoms with van der Waals surface area (Å²) in [5.74, 6) is -1.76. The first-order chi connectivity index (χ1) is 19.8. The van der Waals surface area contributed by atoms with Crippen LogP contribution in [0.3, 0.4) is 0 Å². The lowest BCUT2D eigenvalue weighted by Crippen LogP contribution is -2.59. The molecule has 41 heavy (non-hydrogen) atoms. The topological polar surface area (TPSA) is 117 Å². The van der Waals surface area contributed by atoms with Crippen molar-refractivity contribution >= 4 is 23.4 Å². The summed E-state index contributed by atoms with van der Waals surface area (Å²) in [6, 6.07) is 15.1. The van der Waals surface area contributed by atoms with E-state index in [1.54, 1.807) is 24.3 Å². The van der Waals surface area contributed by atoms with Gasteiger partial charge in [-0.25, -0.2) is 0 Å². The van der Waals surface area contributed by atoms with Gasteiger partial charge >= 0.3 is 0 Å². The summed E-state index contributed by atoms with van der Waals surface area (Å²) in [5, 5.41) is 16.6. The van der Waals surface area contributed by atoms with Crippen LogP contribution >= 0.6 is 0 Å². The number of amides is 3. The van der Waals surface area contributed by atoms with E-state index in [9.17, 15) is 19.5 Å². The first-order valence-corrected chi connectivity index (χ1v) is 14.8. The third-order valence-electron chi connectivity index (χ3n) is 8.75. The smallest absolute Gasteiger partial charge is 0.246 e. The number of hydrogen-bond acceptors (Lipinski definition) is 6. The summed E-state index contributed by atoms with van der Waals surface area (Å²) in [6.45, 7) is 6.14. The van der Waals surface area contributed by atoms with Crippen molar-refractivity contribution in [3.05, 3.63) is 60.2 Å². The van der Waals surface area contributed by atoms with E-state index in [0.29, 0.717) is 37.3 Å². The second-order valence-electron chi connectivity index (χ2n) is 11.5. The molecule has 0 aliphatic carbocycles. The largest absolute Gasteiger partial charge is 0.494 e. The van der Waals surface area contributed by atoms with Crippen LogP contribution in [0, 0.1) is 11.8 Å². The predicted molar refractivity (Wildman–Crippen MR) is 154 cm³/mol. The highest BCUT2D eigenvalue weighted by molar-refractivity contribution is 6.02. The van der Waals surface area contributed by atoms with E-state index in [0.717, 1.165) is 18.4 Å². The van der Waals surface area contributed by atoms with Gasteiger partial charge < -0.3 is 30.1 Å². The van der Waals surface area contributed by atoms with Gasteiger partial charge in [-0.15, -0.1) is 0 Å². The number of aliphatic hydroxyl groups excluding tert-OH is 1. The molecule has 9 heteroatoms. The summed E-state index contributed by atoms with van der Waals surface area (Å²) in [5.41, 5.74) is 0.419. The molecule has 0 aromatic heterocycles. The van der Waals surface area contributed by atoms with Gasteiger partial charge in [0.05, 0.1) is 37.2 Å². The minimum absolute atomic E-state index is 0.0843. The van der Waals surface area contributed by atoms with Crippen molar-refractivity contribution in [2.75, 3.05) is 18.5 Å². The van der Waals surface area contributed by atoms with Crippen molar-refractivity contribution in [2.24, 2.45) is 11.8 Å². The summed E-state index contributed by atoms with van der Waals surface area (Å²) < 4.78 is 12.0. The second-order valence-corrected chi connectivity index (χ2v) is 11.5. The van der Waals surface area contributed by atoms with E-state index in [2.05, 4.69) is 17.6 Å². The maximum absolute atomic E-state index is 14.3. The number of likely N-dealkylation sites (tertiary alicyclic amines) is 1. The molecule has 3 N–H and O–H groups in total. The van der Waals surface area contributed by atoms with Crippen LogP contribution in [0.2, 0.25) is 0 Å². The quantitative estimate of drug-likeness (QED) is 0.365. The van der Waals surface area contributed by atoms with Crippen molar-refractivity contribution < 1.29 is 29.0 Å². The number of aliphatic hydroxyl groups is 1. The Morgan fingerprint density at radius 3 is 2.51 bits per heavy atom. The molecule has 2 bridgehead atoms. The van der Waals surface area contributed by atoms with E-state index < -0.39 is 35.6 Å². The fourth-order valence-electron chi connectivity index (χ4n) is 7.07. The molecule has 0 radical (unpaired) electrons. The van der Waals surface area contributed by atoms with Crippen molar-refractivity contribution in [3.63, 3.8) is 0 Å². The van der Waals surface area contributed by atoms with Gasteiger partial charge in [0, 0.05) is 11.7 Å². The molecular formula is C32H41N3O6. The van der Waals surface area contributed by atoms with Gasteiger partial charge in [0.1, 0.15) is 17.4 Å². The Labute approximate surface area is 241 Å². The molecule has 7 atom stereocenters. The fraction of sp³-hybridized carbons (Fsp3) is 0.531. The Morgan fingerprint density at radius 1 is 1.12 bits per heavy atom. The number of ether oxygens (including phenoxy) is 2. The number of carbonyl (C=O) groups excluding carboxylic acids is 3. The SMILES string of the molecule is CCCC(C)NC(=O)C1N([C@@H](CO)Cc2ccccc2)C(=O)[C@@H]2[C@H](C(=O)Nc3ccc(OCC)cc3)[C@@H]3CCC12O3. The molecule has 0 saturated carbocycles. The van der Waals surface area contributed by atoms with Crippen molar-refractivity contribution in [1.82, 2.24) is 10.2 Å². The van der Waals surface area contributed by atoms with Gasteiger partial charge in [-0.2, -0.15) is 0 Å². The highest BCUT2D eigenvalue weighted by Gasteiger charge is 2.75. The molecule has 9 nitrogen and oxygen atoms in total. The number of rotatable bonds is 12. The zero-order chi connectivity index (χ0) is 29.1. The molecule has 3 amide bonds. The molecule has 3 aliphatic heterocycles. The van der Waals surface area contributed by atoms with Crippen LogP contribution in [0.15, 0.2) is 54.6 Å². The van der Waals surface area contributed by atoms with Crippen LogP contribution in [0.4, 0.5) is 5.69 Å². The van der Waals surface area contributed by atoms with Crippen LogP contribution in [0.5, 0.6) is 5.75 Å². The molecule has 1 spiro atoms. The highest BCUT2D eigenvalue weighted by Crippen LogP contribution is 2.59. The number of anilines is 1. The molecule has 220 valence electrons. The third kappa shape index (κ3) is 5.45. The molecule has 3 unspecified atom stereocenters. The molecule has 3 aliphatic rings. The number of carbonyl (C=O) groups is 3. The van der Waals surface area contributed by atoms with Crippen molar-refractivity contribution in [3.8, 4) is 5.75 Å². The van der Waals surface area contributed by atoms with Crippen molar-refractivity contribution in [2.45, 2.75) is 82.7 Å². The average Bonchev–Trinajstić information content (AvgIpc) is 3.61. The standard InChI is InChI=1S/C32H41N3O6/c1-4-9-20(3)33-30(38)28-32-17-16-25(41-32)26(29(37)34-22-12-14-24(15-13-22)40-5-2)27(32)31(39)35(28)23(19-36)18-21-10-7-6-8-11-21/h6-8,10-15,20,23,25-28,36H,4-5,9,16-19H2,1-3H3,(H,33,38)(H,34,37)/t20?,23-,25+,26-,27+,28?,32?/m1/s1. The van der Waals surface area contributed by atoms with Crippen LogP contribution in [-0.2, 0) is 25.5 Å². The Balaban J connectivity index is 1.46. The monoisotopic (exact) mass is 563 g/mol. The maximum Gasteiger partial charge on any atom is 0.246 e. The van der Waals surface area contributed by atoms with Crippen LogP contribution in [-0.4, -0.2) is 70.8 Å². The van der Waals surface area contributed by atoms with Gasteiger partial charge in [0.15, 0.2) is 0 Å². The summed E-state index contributed by atoms with van der Waals surface area (Å²) in [6.07, 6.45) is 2.71. The van der Waals surface area contributed by atoms with Gasteiger partial charge in [0.25, 0.3) is 0 Å². The highest BCUT2D eigenvalue weighted by atomic mass is 16.5. The van der Waals surface area contributed by atoms with Crippen molar-refractivity contribution in [1.29, 1.82) is 0 Å². The van der Waals surface area contributed by atoms with E-state index >= 15 is 0 Å². The summed E-state index contributed by atoms with van der Waals surface area (Å²) >= 11 is 0. The Hall–Kier alpha value is -3.43. The average molecular weight is 564 g/mol. The van der Waals surface area contributed by atoms with Gasteiger partial charge in [-0.05, 0) is 69.4 Å². The lowest BCUT2D eigenvalue weighted by molar-refractivity contribution is -0.145. The minimum Gasteiger partial charge on any atom is -0.494 e. The van der Waals surface area contributed by atoms with Crippen LogP contribution < -0.4 is 15.4 Å². The number of nitrogens with zero attached hydrogens (tertiary/aromatic N) is 1. The normalized spacial score (nSPS) is 27.8. The van der Waals surface area contributed by atoms with Crippen LogP contribution in [0.1, 0.15) is 52.0 Å². The first kappa shape index (κ1) is 29.1. The number of hydrogen-bond donors (Lipinski definition) is 3. The number of nitrogens with one attached hydrogen (secondary N) is 2. The van der Waals surface area contributed by atoms with Crippen LogP contribution in [0.25, 0.3) is 0 Å². The van der Waals surface area contributed by atoms with E-state index in [1.807, 2.05) is 44.2 Å². The summed E-state index contributed by atoms with van der Waals surface area (Å²) in [7, 11) is 0. The molecule has 2 aromatic carbocycles. The first-order valence-electron chi connectivity index (χ1n) is 14.8. The molecule has 3 fully saturated rings. The zero-order valence-electron chi connectivity index (χ0n) is 24.0. The molecule has 5 rings (SSSR count). The third-order valence-corrected chi connectivity index (χ3v) is 8.75. The zero-order valence-corrected chi connectivity index (χ0v) is 24.0. The molecule has 3 saturated heterocycles. The minimum atomic E-state index is -1.12. The lowest BCUT2D eigenvalue weighted by atomic mass is 9.70. The fourth-order valence-corrected chi connectivity index (χ4v) is 7.07. The van der Waals surface area contributed by atoms with Gasteiger partial charge in [-0.1, -0.05) is 43.7 Å². The number of benzene rings is 2. The molecular weight excluding hydrogens is 522 g/mol. The Kier molecular flexibility index (Phi) is 8.66. The lowest BCUT2D eigenvalue weighted by Gasteiger charge is -2.37. The predicted octanol–water partition coefficient (Wildman–Crippen LogP) is 3.31. The molecule has 2 aromatic rings. The molecule has 3 heterocycles. The Morgan fingerprint density at radius 2 is 1.85 bits per heavy atom. The van der Waals surface area contributed by atoms with E-state index in [4.69, 9.17) is 9.47 Å². The Bertz CT molecular complexity index is 1240. The maximum atomic E-state index is 14.3. The summed E-state index contributed by atoms with van der Waals surface area (Å²) in [4.78, 5) is 43.6. The van der Waals surface area contributed by atoms with E-state index in [-0.39, 0.29) is 30.4 Å². The van der Waals surface area contributed by atoms with Gasteiger partial charge in [-0.3, -0.25) is 14.4 Å². The second kappa shape index (κ2) is 12.2. The van der Waals surface area contributed by atoms with Gasteiger partial charge in [0.2, 0.25) is 17.7 Å². The number of fused-ring (bicyclic) bond motifs is 1. The van der Waals surface area contributed by atoms with E-state index in [1.165, 1.54) is 4.90 Å².